The van der Waals surface area contributed by atoms with Crippen LogP contribution in [0.15, 0.2) is 42.7 Å². The molecule has 0 saturated carbocycles. The fourth-order valence-corrected chi connectivity index (χ4v) is 3.54. The largest absolute Gasteiger partial charge is 0.379 e. The zero-order valence-corrected chi connectivity index (χ0v) is 15.4. The Balaban J connectivity index is 1.47. The molecule has 2 aromatic rings. The Kier molecular flexibility index (Phi) is 6.06. The van der Waals surface area contributed by atoms with E-state index in [1.807, 2.05) is 36.3 Å². The van der Waals surface area contributed by atoms with E-state index in [2.05, 4.69) is 22.5 Å². The van der Waals surface area contributed by atoms with Crippen molar-refractivity contribution in [3.05, 3.63) is 53.9 Å². The van der Waals surface area contributed by atoms with Gasteiger partial charge in [-0.2, -0.15) is 5.10 Å². The normalized spacial score (nSPS) is 20.5. The van der Waals surface area contributed by atoms with Crippen LogP contribution >= 0.6 is 0 Å². The van der Waals surface area contributed by atoms with Crippen LogP contribution in [0.1, 0.15) is 30.4 Å². The number of nitrogens with one attached hydrogen (secondary N) is 1. The third kappa shape index (κ3) is 4.71. The number of carbonyl (C=O) groups excluding carboxylic acids is 1. The zero-order chi connectivity index (χ0) is 18.4. The average Bonchev–Trinajstić information content (AvgIpc) is 3.05. The molecule has 6 heteroatoms. The molecular formula is C20H28N4O2. The summed E-state index contributed by atoms with van der Waals surface area (Å²) >= 11 is 0. The molecule has 0 radical (unpaired) electrons. The number of nitrogens with zero attached hydrogens (tertiary/aromatic N) is 3. The fraction of sp³-hybridized carbons (Fsp3) is 0.500. The minimum absolute atomic E-state index is 0.143. The number of hydrogen-bond donors (Lipinski definition) is 2. The van der Waals surface area contributed by atoms with Gasteiger partial charge in [0.15, 0.2) is 5.60 Å². The number of rotatable bonds is 8. The second kappa shape index (κ2) is 8.47. The lowest BCUT2D eigenvalue weighted by Crippen LogP contribution is -2.58. The van der Waals surface area contributed by atoms with Crippen molar-refractivity contribution in [1.82, 2.24) is 20.0 Å². The molecule has 140 valence electrons. The van der Waals surface area contributed by atoms with Crippen molar-refractivity contribution in [3.63, 3.8) is 0 Å². The predicted molar refractivity (Wildman–Crippen MR) is 100 cm³/mol. The van der Waals surface area contributed by atoms with Gasteiger partial charge in [0.2, 0.25) is 0 Å². The van der Waals surface area contributed by atoms with Crippen LogP contribution in [0.2, 0.25) is 0 Å². The molecule has 6 nitrogen and oxygen atoms in total. The summed E-state index contributed by atoms with van der Waals surface area (Å²) in [5.74, 6) is -0.143. The second-order valence-corrected chi connectivity index (χ2v) is 7.14. The van der Waals surface area contributed by atoms with E-state index in [9.17, 15) is 9.90 Å². The van der Waals surface area contributed by atoms with E-state index >= 15 is 0 Å². The molecule has 1 saturated heterocycles. The molecule has 0 spiro atoms. The van der Waals surface area contributed by atoms with Crippen molar-refractivity contribution >= 4 is 5.91 Å². The molecule has 2 N–H and O–H groups in total. The lowest BCUT2D eigenvalue weighted by Gasteiger charge is -2.38. The van der Waals surface area contributed by atoms with Crippen LogP contribution in [-0.4, -0.2) is 50.9 Å². The van der Waals surface area contributed by atoms with Crippen molar-refractivity contribution in [1.29, 1.82) is 0 Å². The number of aromatic nitrogens is 2. The quantitative estimate of drug-likeness (QED) is 0.752. The third-order valence-electron chi connectivity index (χ3n) is 4.94. The first-order chi connectivity index (χ1) is 12.6. The highest BCUT2D eigenvalue weighted by molar-refractivity contribution is 5.86. The van der Waals surface area contributed by atoms with Crippen molar-refractivity contribution in [3.8, 4) is 0 Å². The van der Waals surface area contributed by atoms with Crippen molar-refractivity contribution in [2.45, 2.75) is 37.8 Å². The van der Waals surface area contributed by atoms with E-state index in [1.54, 1.807) is 10.9 Å². The third-order valence-corrected chi connectivity index (χ3v) is 4.94. The summed E-state index contributed by atoms with van der Waals surface area (Å²) < 4.78 is 1.74. The summed E-state index contributed by atoms with van der Waals surface area (Å²) in [5, 5.41) is 18.2. The first kappa shape index (κ1) is 18.6. The van der Waals surface area contributed by atoms with Crippen LogP contribution in [0.4, 0.5) is 0 Å². The maximum Gasteiger partial charge on any atom is 0.255 e. The Morgan fingerprint density at radius 3 is 2.81 bits per heavy atom. The minimum atomic E-state index is -1.30. The number of benzene rings is 1. The molecule has 1 amide bonds. The predicted octanol–water partition coefficient (Wildman–Crippen LogP) is 1.50. The second-order valence-electron chi connectivity index (χ2n) is 7.14. The molecule has 1 fully saturated rings. The Hall–Kier alpha value is -2.18. The summed E-state index contributed by atoms with van der Waals surface area (Å²) in [6, 6.07) is 10.3. The number of carbonyl (C=O) groups is 1. The molecule has 0 aliphatic carbocycles. The van der Waals surface area contributed by atoms with Crippen molar-refractivity contribution < 1.29 is 9.90 Å². The summed E-state index contributed by atoms with van der Waals surface area (Å²) in [6.07, 6.45) is 6.92. The monoisotopic (exact) mass is 356 g/mol. The van der Waals surface area contributed by atoms with Crippen LogP contribution in [0.5, 0.6) is 0 Å². The van der Waals surface area contributed by atoms with Gasteiger partial charge in [0.1, 0.15) is 0 Å². The summed E-state index contributed by atoms with van der Waals surface area (Å²) in [4.78, 5) is 14.6. The summed E-state index contributed by atoms with van der Waals surface area (Å²) in [5.41, 5.74) is 1.03. The van der Waals surface area contributed by atoms with Gasteiger partial charge < -0.3 is 15.3 Å². The average molecular weight is 356 g/mol. The zero-order valence-electron chi connectivity index (χ0n) is 15.4. The molecule has 1 aliphatic heterocycles. The standard InChI is InChI=1S/C20H28N4O2/c1-23-15-18(14-22-23)13-21-16-20(26)10-6-12-24(19(20)25)11-5-9-17-7-3-2-4-8-17/h2-4,7-8,14-15,21,26H,5-6,9-13,16H2,1H3/t20-/m1/s1. The Morgan fingerprint density at radius 2 is 2.08 bits per heavy atom. The number of likely N-dealkylation sites (tertiary alicyclic amines) is 1. The van der Waals surface area contributed by atoms with Gasteiger partial charge in [0.05, 0.1) is 6.20 Å². The highest BCUT2D eigenvalue weighted by Gasteiger charge is 2.41. The highest BCUT2D eigenvalue weighted by atomic mass is 16.3. The Bertz CT molecular complexity index is 716. The van der Waals surface area contributed by atoms with Crippen LogP contribution in [0.25, 0.3) is 0 Å². The maximum absolute atomic E-state index is 12.8. The molecule has 1 atom stereocenters. The van der Waals surface area contributed by atoms with Crippen LogP contribution in [-0.2, 0) is 24.8 Å². The van der Waals surface area contributed by atoms with Crippen molar-refractivity contribution in [2.24, 2.45) is 7.05 Å². The van der Waals surface area contributed by atoms with E-state index in [0.717, 1.165) is 31.4 Å². The van der Waals surface area contributed by atoms with Crippen LogP contribution in [0.3, 0.4) is 0 Å². The first-order valence-electron chi connectivity index (χ1n) is 9.31. The maximum atomic E-state index is 12.8. The van der Waals surface area contributed by atoms with Gasteiger partial charge in [-0.3, -0.25) is 9.48 Å². The van der Waals surface area contributed by atoms with E-state index < -0.39 is 5.60 Å². The smallest absolute Gasteiger partial charge is 0.255 e. The molecule has 2 heterocycles. The SMILES string of the molecule is Cn1cc(CNC[C@]2(O)CCCN(CCCc3ccccc3)C2=O)cn1. The van der Waals surface area contributed by atoms with Gasteiger partial charge in [-0.05, 0) is 31.2 Å². The van der Waals surface area contributed by atoms with Gasteiger partial charge in [-0.1, -0.05) is 30.3 Å². The lowest BCUT2D eigenvalue weighted by molar-refractivity contribution is -0.156. The van der Waals surface area contributed by atoms with E-state index in [-0.39, 0.29) is 12.5 Å². The number of aliphatic hydroxyl groups is 1. The van der Waals surface area contributed by atoms with Gasteiger partial charge in [0.25, 0.3) is 5.91 Å². The molecular weight excluding hydrogens is 328 g/mol. The molecule has 1 aromatic heterocycles. The summed E-state index contributed by atoms with van der Waals surface area (Å²) in [7, 11) is 1.87. The van der Waals surface area contributed by atoms with Gasteiger partial charge in [0, 0.05) is 45.0 Å². The van der Waals surface area contributed by atoms with Gasteiger partial charge in [-0.15, -0.1) is 0 Å². The first-order valence-corrected chi connectivity index (χ1v) is 9.31. The number of amides is 1. The van der Waals surface area contributed by atoms with Crippen molar-refractivity contribution in [2.75, 3.05) is 19.6 Å². The molecule has 1 aliphatic rings. The van der Waals surface area contributed by atoms with E-state index in [4.69, 9.17) is 0 Å². The Labute approximate surface area is 154 Å². The van der Waals surface area contributed by atoms with Crippen LogP contribution in [0, 0.1) is 0 Å². The molecule has 1 aromatic carbocycles. The van der Waals surface area contributed by atoms with Crippen LogP contribution < -0.4 is 5.32 Å². The molecule has 0 unspecified atom stereocenters. The summed E-state index contributed by atoms with van der Waals surface area (Å²) in [6.45, 7) is 2.30. The minimum Gasteiger partial charge on any atom is -0.379 e. The number of aryl methyl sites for hydroxylation is 2. The molecule has 26 heavy (non-hydrogen) atoms. The van der Waals surface area contributed by atoms with E-state index in [0.29, 0.717) is 19.5 Å². The van der Waals surface area contributed by atoms with Gasteiger partial charge >= 0.3 is 0 Å². The van der Waals surface area contributed by atoms with Gasteiger partial charge in [-0.25, -0.2) is 0 Å². The number of piperidine rings is 1. The Morgan fingerprint density at radius 1 is 1.27 bits per heavy atom. The topological polar surface area (TPSA) is 70.4 Å². The fourth-order valence-electron chi connectivity index (χ4n) is 3.54. The number of hydrogen-bond acceptors (Lipinski definition) is 4. The molecule has 0 bridgehead atoms. The van der Waals surface area contributed by atoms with E-state index in [1.165, 1.54) is 5.56 Å². The molecule has 3 rings (SSSR count). The highest BCUT2D eigenvalue weighted by Crippen LogP contribution is 2.22. The lowest BCUT2D eigenvalue weighted by atomic mass is 9.91.